The molecule has 3 aliphatic rings. The summed E-state index contributed by atoms with van der Waals surface area (Å²) in [5.41, 5.74) is -0.437. The molecule has 2 saturated carbocycles. The van der Waals surface area contributed by atoms with Crippen LogP contribution in [0.25, 0.3) is 0 Å². The van der Waals surface area contributed by atoms with Crippen LogP contribution in [0.5, 0.6) is 0 Å². The maximum absolute atomic E-state index is 10.9. The van der Waals surface area contributed by atoms with E-state index < -0.39 is 5.60 Å². The van der Waals surface area contributed by atoms with E-state index in [2.05, 4.69) is 13.8 Å². The lowest BCUT2D eigenvalue weighted by molar-refractivity contribution is -0.0615. The molecule has 3 fully saturated rings. The molecule has 3 rings (SSSR count). The van der Waals surface area contributed by atoms with Crippen LogP contribution in [-0.4, -0.2) is 22.9 Å². The molecule has 6 atom stereocenters. The normalized spacial score (nSPS) is 54.2. The van der Waals surface area contributed by atoms with E-state index in [0.29, 0.717) is 18.1 Å². The lowest BCUT2D eigenvalue weighted by Crippen LogP contribution is -2.44. The summed E-state index contributed by atoms with van der Waals surface area (Å²) in [7, 11) is 0. The Kier molecular flexibility index (Phi) is 2.99. The maximum Gasteiger partial charge on any atom is 0.0869 e. The Balaban J connectivity index is 1.65. The van der Waals surface area contributed by atoms with Crippen molar-refractivity contribution in [2.24, 2.45) is 17.8 Å². The molecule has 2 nitrogen and oxygen atoms in total. The van der Waals surface area contributed by atoms with Gasteiger partial charge >= 0.3 is 0 Å². The fraction of sp³-hybridized carbons (Fsp3) is 1.00. The number of ether oxygens (including phenoxy) is 1. The Labute approximate surface area is 105 Å². The second kappa shape index (κ2) is 4.24. The van der Waals surface area contributed by atoms with Gasteiger partial charge in [0.25, 0.3) is 0 Å². The molecule has 98 valence electrons. The lowest BCUT2D eigenvalue weighted by Gasteiger charge is -2.41. The zero-order valence-electron chi connectivity index (χ0n) is 11.2. The van der Waals surface area contributed by atoms with Crippen LogP contribution >= 0.6 is 0 Å². The smallest absolute Gasteiger partial charge is 0.0869 e. The first kappa shape index (κ1) is 12.0. The Bertz CT molecular complexity index is 291. The molecule has 2 heteroatoms. The molecule has 0 amide bonds. The van der Waals surface area contributed by atoms with Gasteiger partial charge in [-0.05, 0) is 30.6 Å². The fourth-order valence-electron chi connectivity index (χ4n) is 4.12. The van der Waals surface area contributed by atoms with Crippen LogP contribution in [0.2, 0.25) is 0 Å². The summed E-state index contributed by atoms with van der Waals surface area (Å²) in [6, 6.07) is 0. The molecular weight excluding hydrogens is 212 g/mol. The van der Waals surface area contributed by atoms with Crippen molar-refractivity contribution in [3.05, 3.63) is 0 Å². The molecule has 2 aliphatic carbocycles. The molecule has 1 aliphatic heterocycles. The number of fused-ring (bicyclic) bond motifs is 1. The van der Waals surface area contributed by atoms with Gasteiger partial charge in [-0.1, -0.05) is 39.5 Å². The van der Waals surface area contributed by atoms with Crippen LogP contribution < -0.4 is 0 Å². The number of aliphatic hydroxyl groups is 1. The summed E-state index contributed by atoms with van der Waals surface area (Å²) in [4.78, 5) is 0. The minimum atomic E-state index is -0.437. The predicted octanol–water partition coefficient (Wildman–Crippen LogP) is 3.13. The van der Waals surface area contributed by atoms with Gasteiger partial charge in [0, 0.05) is 6.42 Å². The van der Waals surface area contributed by atoms with Crippen molar-refractivity contribution in [1.29, 1.82) is 0 Å². The second-order valence-corrected chi connectivity index (χ2v) is 6.88. The predicted molar refractivity (Wildman–Crippen MR) is 67.7 cm³/mol. The summed E-state index contributed by atoms with van der Waals surface area (Å²) >= 11 is 0. The first-order chi connectivity index (χ1) is 8.08. The summed E-state index contributed by atoms with van der Waals surface area (Å²) in [5.74, 6) is 1.96. The minimum absolute atomic E-state index is 0.384. The Morgan fingerprint density at radius 1 is 1.18 bits per heavy atom. The highest BCUT2D eigenvalue weighted by Crippen LogP contribution is 2.49. The van der Waals surface area contributed by atoms with Gasteiger partial charge in [0.05, 0.1) is 17.8 Å². The van der Waals surface area contributed by atoms with Gasteiger partial charge in [-0.2, -0.15) is 0 Å². The minimum Gasteiger partial charge on any atom is -0.389 e. The third-order valence-corrected chi connectivity index (χ3v) is 5.65. The topological polar surface area (TPSA) is 32.8 Å². The summed E-state index contributed by atoms with van der Waals surface area (Å²) in [5, 5.41) is 10.9. The highest BCUT2D eigenvalue weighted by atomic mass is 16.6. The molecule has 1 N–H and O–H groups in total. The summed E-state index contributed by atoms with van der Waals surface area (Å²) < 4.78 is 5.60. The van der Waals surface area contributed by atoms with Gasteiger partial charge in [0.15, 0.2) is 0 Å². The van der Waals surface area contributed by atoms with Crippen molar-refractivity contribution in [2.45, 2.75) is 76.6 Å². The molecule has 0 radical (unpaired) electrons. The molecular formula is C15H26O2. The standard InChI is InChI=1S/C15H26O2/c1-10-5-3-4-6-12(10)8-15(16)9-14-13(17-14)7-11(15)2/h10-14,16H,3-9H2,1-2H3. The first-order valence-electron chi connectivity index (χ1n) is 7.46. The van der Waals surface area contributed by atoms with E-state index in [9.17, 15) is 5.11 Å². The number of hydrogen-bond donors (Lipinski definition) is 1. The van der Waals surface area contributed by atoms with Crippen molar-refractivity contribution in [3.8, 4) is 0 Å². The van der Waals surface area contributed by atoms with E-state index in [1.807, 2.05) is 0 Å². The lowest BCUT2D eigenvalue weighted by atomic mass is 9.67. The molecule has 0 aromatic carbocycles. The molecule has 1 saturated heterocycles. The van der Waals surface area contributed by atoms with Crippen LogP contribution in [0.3, 0.4) is 0 Å². The van der Waals surface area contributed by atoms with Crippen molar-refractivity contribution >= 4 is 0 Å². The van der Waals surface area contributed by atoms with Gasteiger partial charge in [-0.15, -0.1) is 0 Å². The maximum atomic E-state index is 10.9. The highest BCUT2D eigenvalue weighted by Gasteiger charge is 2.54. The molecule has 0 aromatic rings. The van der Waals surface area contributed by atoms with E-state index in [1.165, 1.54) is 25.7 Å². The number of rotatable bonds is 2. The monoisotopic (exact) mass is 238 g/mol. The molecule has 0 aromatic heterocycles. The van der Waals surface area contributed by atoms with E-state index in [-0.39, 0.29) is 0 Å². The molecule has 0 bridgehead atoms. The molecule has 0 spiro atoms. The zero-order valence-corrected chi connectivity index (χ0v) is 11.2. The zero-order chi connectivity index (χ0) is 12.0. The average Bonchev–Trinajstić information content (AvgIpc) is 3.00. The summed E-state index contributed by atoms with van der Waals surface area (Å²) in [6.07, 6.45) is 9.28. The molecule has 6 unspecified atom stereocenters. The van der Waals surface area contributed by atoms with Crippen molar-refractivity contribution < 1.29 is 9.84 Å². The summed E-state index contributed by atoms with van der Waals surface area (Å²) in [6.45, 7) is 4.59. The Morgan fingerprint density at radius 3 is 2.71 bits per heavy atom. The van der Waals surface area contributed by atoms with Crippen LogP contribution in [0.4, 0.5) is 0 Å². The number of hydrogen-bond acceptors (Lipinski definition) is 2. The van der Waals surface area contributed by atoms with Gasteiger partial charge in [0.2, 0.25) is 0 Å². The first-order valence-corrected chi connectivity index (χ1v) is 7.46. The van der Waals surface area contributed by atoms with E-state index >= 15 is 0 Å². The van der Waals surface area contributed by atoms with E-state index in [4.69, 9.17) is 4.74 Å². The third-order valence-electron chi connectivity index (χ3n) is 5.65. The molecule has 17 heavy (non-hydrogen) atoms. The molecule has 1 heterocycles. The van der Waals surface area contributed by atoms with Crippen LogP contribution in [0.15, 0.2) is 0 Å². The fourth-order valence-corrected chi connectivity index (χ4v) is 4.12. The SMILES string of the molecule is CC1CCCCC1CC1(O)CC2OC2CC1C. The highest BCUT2D eigenvalue weighted by molar-refractivity contribution is 5.03. The van der Waals surface area contributed by atoms with Gasteiger partial charge in [-0.25, -0.2) is 0 Å². The number of epoxide rings is 1. The van der Waals surface area contributed by atoms with E-state index in [1.54, 1.807) is 0 Å². The van der Waals surface area contributed by atoms with Crippen molar-refractivity contribution in [2.75, 3.05) is 0 Å². The second-order valence-electron chi connectivity index (χ2n) is 6.88. The van der Waals surface area contributed by atoms with Crippen LogP contribution in [0.1, 0.15) is 58.8 Å². The van der Waals surface area contributed by atoms with E-state index in [0.717, 1.165) is 31.1 Å². The largest absolute Gasteiger partial charge is 0.389 e. The Morgan fingerprint density at radius 2 is 1.94 bits per heavy atom. The van der Waals surface area contributed by atoms with Crippen molar-refractivity contribution in [3.63, 3.8) is 0 Å². The van der Waals surface area contributed by atoms with Gasteiger partial charge in [0.1, 0.15) is 0 Å². The quantitative estimate of drug-likeness (QED) is 0.750. The van der Waals surface area contributed by atoms with Crippen molar-refractivity contribution in [1.82, 2.24) is 0 Å². The average molecular weight is 238 g/mol. The third kappa shape index (κ3) is 2.26. The van der Waals surface area contributed by atoms with Crippen LogP contribution in [-0.2, 0) is 4.74 Å². The van der Waals surface area contributed by atoms with Gasteiger partial charge in [-0.3, -0.25) is 0 Å². The van der Waals surface area contributed by atoms with Gasteiger partial charge < -0.3 is 9.84 Å². The van der Waals surface area contributed by atoms with Crippen LogP contribution in [0, 0.1) is 17.8 Å². The Hall–Kier alpha value is -0.0800.